The molecule has 2 heterocycles. The lowest BCUT2D eigenvalue weighted by molar-refractivity contribution is 1.07. The van der Waals surface area contributed by atoms with E-state index in [9.17, 15) is 0 Å². The second kappa shape index (κ2) is 3.45. The molecule has 1 N–H and O–H groups in total. The van der Waals surface area contributed by atoms with Crippen LogP contribution >= 0.6 is 0 Å². The van der Waals surface area contributed by atoms with E-state index in [2.05, 4.69) is 27.3 Å². The Balaban J connectivity index is 2.22. The Morgan fingerprint density at radius 3 is 2.62 bits per heavy atom. The Labute approximate surface area is 93.2 Å². The summed E-state index contributed by atoms with van der Waals surface area (Å²) in [6.07, 6.45) is 3.61. The second-order valence-electron chi connectivity index (χ2n) is 3.82. The molecule has 78 valence electrons. The average Bonchev–Trinajstić information content (AvgIpc) is 2.72. The topological polar surface area (TPSA) is 41.6 Å². The van der Waals surface area contributed by atoms with E-state index in [1.807, 2.05) is 37.5 Å². The van der Waals surface area contributed by atoms with Gasteiger partial charge < -0.3 is 0 Å². The number of aromatic nitrogens is 3. The van der Waals surface area contributed by atoms with Gasteiger partial charge in [-0.15, -0.1) is 0 Å². The summed E-state index contributed by atoms with van der Waals surface area (Å²) < 4.78 is 0. The van der Waals surface area contributed by atoms with Crippen LogP contribution < -0.4 is 0 Å². The molecule has 2 aromatic heterocycles. The van der Waals surface area contributed by atoms with Crippen LogP contribution in [0, 0.1) is 6.92 Å². The maximum absolute atomic E-state index is 4.22. The summed E-state index contributed by atoms with van der Waals surface area (Å²) in [7, 11) is 0. The molecule has 0 fully saturated rings. The maximum Gasteiger partial charge on any atom is 0.0924 e. The lowest BCUT2D eigenvalue weighted by Gasteiger charge is -2.00. The molecule has 0 aliphatic rings. The Morgan fingerprint density at radius 1 is 1.00 bits per heavy atom. The van der Waals surface area contributed by atoms with E-state index in [-0.39, 0.29) is 0 Å². The van der Waals surface area contributed by atoms with Crippen LogP contribution in [0.2, 0.25) is 0 Å². The highest BCUT2D eigenvalue weighted by atomic mass is 15.1. The molecule has 0 aliphatic carbocycles. The summed E-state index contributed by atoms with van der Waals surface area (Å²) in [6, 6.07) is 10.3. The molecule has 0 radical (unpaired) electrons. The van der Waals surface area contributed by atoms with Crippen molar-refractivity contribution < 1.29 is 0 Å². The van der Waals surface area contributed by atoms with Crippen molar-refractivity contribution in [2.45, 2.75) is 6.92 Å². The lowest BCUT2D eigenvalue weighted by Crippen LogP contribution is -1.79. The molecular formula is C13H11N3. The fraction of sp³-hybridized carbons (Fsp3) is 0.0769. The average molecular weight is 209 g/mol. The summed E-state index contributed by atoms with van der Waals surface area (Å²) in [5.41, 5.74) is 4.48. The quantitative estimate of drug-likeness (QED) is 0.669. The number of benzene rings is 1. The first-order valence-electron chi connectivity index (χ1n) is 5.20. The summed E-state index contributed by atoms with van der Waals surface area (Å²) in [4.78, 5) is 4.02. The van der Waals surface area contributed by atoms with Crippen LogP contribution in [0.15, 0.2) is 42.7 Å². The van der Waals surface area contributed by atoms with Gasteiger partial charge in [0.1, 0.15) is 0 Å². The van der Waals surface area contributed by atoms with Crippen molar-refractivity contribution in [2.24, 2.45) is 0 Å². The van der Waals surface area contributed by atoms with Gasteiger partial charge in [-0.05, 0) is 42.3 Å². The molecule has 1 aromatic carbocycles. The molecule has 0 amide bonds. The first kappa shape index (κ1) is 9.09. The fourth-order valence-corrected chi connectivity index (χ4v) is 1.86. The number of pyridine rings is 1. The van der Waals surface area contributed by atoms with Gasteiger partial charge in [0.2, 0.25) is 0 Å². The molecule has 0 unspecified atom stereocenters. The third-order valence-electron chi connectivity index (χ3n) is 2.76. The Kier molecular flexibility index (Phi) is 1.96. The van der Waals surface area contributed by atoms with Crippen LogP contribution in [0.3, 0.4) is 0 Å². The fourth-order valence-electron chi connectivity index (χ4n) is 1.86. The van der Waals surface area contributed by atoms with Gasteiger partial charge in [-0.2, -0.15) is 5.10 Å². The van der Waals surface area contributed by atoms with Gasteiger partial charge in [0, 0.05) is 23.5 Å². The largest absolute Gasteiger partial charge is 0.282 e. The van der Waals surface area contributed by atoms with E-state index in [0.717, 1.165) is 11.2 Å². The number of aryl methyl sites for hydroxylation is 1. The third kappa shape index (κ3) is 1.37. The van der Waals surface area contributed by atoms with Crippen molar-refractivity contribution in [3.63, 3.8) is 0 Å². The molecule has 0 aliphatic heterocycles. The minimum Gasteiger partial charge on any atom is -0.282 e. The van der Waals surface area contributed by atoms with Crippen molar-refractivity contribution in [1.82, 2.24) is 15.2 Å². The molecular weight excluding hydrogens is 198 g/mol. The molecule has 3 rings (SSSR count). The van der Waals surface area contributed by atoms with Gasteiger partial charge in [-0.25, -0.2) is 0 Å². The second-order valence-corrected chi connectivity index (χ2v) is 3.82. The number of aromatic amines is 1. The number of H-pyrrole nitrogens is 1. The lowest BCUT2D eigenvalue weighted by atomic mass is 10.0. The number of hydrogen-bond acceptors (Lipinski definition) is 2. The molecule has 3 nitrogen and oxygen atoms in total. The number of nitrogens with zero attached hydrogens (tertiary/aromatic N) is 2. The Hall–Kier alpha value is -2.16. The van der Waals surface area contributed by atoms with Gasteiger partial charge in [-0.1, -0.05) is 6.07 Å². The van der Waals surface area contributed by atoms with E-state index in [1.165, 1.54) is 16.5 Å². The summed E-state index contributed by atoms with van der Waals surface area (Å²) >= 11 is 0. The molecule has 16 heavy (non-hydrogen) atoms. The van der Waals surface area contributed by atoms with Gasteiger partial charge >= 0.3 is 0 Å². The number of fused-ring (bicyclic) bond motifs is 1. The van der Waals surface area contributed by atoms with Crippen molar-refractivity contribution >= 4 is 10.9 Å². The molecule has 0 spiro atoms. The molecule has 0 saturated heterocycles. The van der Waals surface area contributed by atoms with Crippen LogP contribution in [-0.4, -0.2) is 15.2 Å². The van der Waals surface area contributed by atoms with Crippen molar-refractivity contribution in [1.29, 1.82) is 0 Å². The minimum atomic E-state index is 1.01. The molecule has 0 atom stereocenters. The van der Waals surface area contributed by atoms with Gasteiger partial charge in [0.15, 0.2) is 0 Å². The SMILES string of the molecule is Cc1[nH]nc2ccc(-c3ccncc3)cc12. The highest BCUT2D eigenvalue weighted by molar-refractivity contribution is 5.86. The van der Waals surface area contributed by atoms with Crippen molar-refractivity contribution in [2.75, 3.05) is 0 Å². The predicted molar refractivity (Wildman–Crippen MR) is 64.1 cm³/mol. The van der Waals surface area contributed by atoms with Crippen LogP contribution in [0.5, 0.6) is 0 Å². The summed E-state index contributed by atoms with van der Waals surface area (Å²) in [5.74, 6) is 0. The smallest absolute Gasteiger partial charge is 0.0924 e. The highest BCUT2D eigenvalue weighted by Crippen LogP contribution is 2.24. The molecule has 0 saturated carbocycles. The zero-order chi connectivity index (χ0) is 11.0. The zero-order valence-corrected chi connectivity index (χ0v) is 8.94. The number of hydrogen-bond donors (Lipinski definition) is 1. The number of nitrogens with one attached hydrogen (secondary N) is 1. The predicted octanol–water partition coefficient (Wildman–Crippen LogP) is 2.93. The van der Waals surface area contributed by atoms with Gasteiger partial charge in [0.05, 0.1) is 5.52 Å². The van der Waals surface area contributed by atoms with E-state index >= 15 is 0 Å². The first-order valence-corrected chi connectivity index (χ1v) is 5.20. The molecule has 3 heteroatoms. The van der Waals surface area contributed by atoms with Gasteiger partial charge in [0.25, 0.3) is 0 Å². The van der Waals surface area contributed by atoms with Crippen LogP contribution in [-0.2, 0) is 0 Å². The monoisotopic (exact) mass is 209 g/mol. The highest BCUT2D eigenvalue weighted by Gasteiger charge is 2.03. The Bertz CT molecular complexity index is 626. The maximum atomic E-state index is 4.22. The summed E-state index contributed by atoms with van der Waals surface area (Å²) in [5, 5.41) is 8.38. The van der Waals surface area contributed by atoms with Crippen LogP contribution in [0.4, 0.5) is 0 Å². The standard InChI is InChI=1S/C13H11N3/c1-9-12-8-11(2-3-13(12)16-15-9)10-4-6-14-7-5-10/h2-8H,1H3,(H,15,16). The van der Waals surface area contributed by atoms with E-state index in [0.29, 0.717) is 0 Å². The third-order valence-corrected chi connectivity index (χ3v) is 2.76. The Morgan fingerprint density at radius 2 is 1.81 bits per heavy atom. The van der Waals surface area contributed by atoms with E-state index in [1.54, 1.807) is 0 Å². The van der Waals surface area contributed by atoms with E-state index < -0.39 is 0 Å². The first-order chi connectivity index (χ1) is 7.84. The molecule has 3 aromatic rings. The van der Waals surface area contributed by atoms with Gasteiger partial charge in [-0.3, -0.25) is 10.1 Å². The molecule has 0 bridgehead atoms. The van der Waals surface area contributed by atoms with Crippen molar-refractivity contribution in [3.05, 3.63) is 48.4 Å². The van der Waals surface area contributed by atoms with Crippen LogP contribution in [0.1, 0.15) is 5.69 Å². The normalized spacial score (nSPS) is 10.8. The summed E-state index contributed by atoms with van der Waals surface area (Å²) in [6.45, 7) is 2.03. The van der Waals surface area contributed by atoms with Crippen molar-refractivity contribution in [3.8, 4) is 11.1 Å². The van der Waals surface area contributed by atoms with Crippen LogP contribution in [0.25, 0.3) is 22.0 Å². The number of rotatable bonds is 1. The zero-order valence-electron chi connectivity index (χ0n) is 8.94. The van der Waals surface area contributed by atoms with E-state index in [4.69, 9.17) is 0 Å². The minimum absolute atomic E-state index is 1.01.